The van der Waals surface area contributed by atoms with Gasteiger partial charge in [-0.25, -0.2) is 4.98 Å². The number of hydrogen-bond donors (Lipinski definition) is 0. The minimum Gasteiger partial charge on any atom is -0.383 e. The third kappa shape index (κ3) is 6.02. The molecule has 1 heterocycles. The maximum absolute atomic E-state index is 12.7. The molecule has 5 heteroatoms. The lowest BCUT2D eigenvalue weighted by Crippen LogP contribution is -2.36. The minimum atomic E-state index is -0.0117. The van der Waals surface area contributed by atoms with Gasteiger partial charge in [0.15, 0.2) is 0 Å². The first-order valence-electron chi connectivity index (χ1n) is 7.42. The van der Waals surface area contributed by atoms with Crippen LogP contribution in [0.25, 0.3) is 0 Å². The molecule has 0 bridgehead atoms. The molecule has 1 rings (SSSR count). The van der Waals surface area contributed by atoms with Gasteiger partial charge in [-0.15, -0.1) is 0 Å². The van der Waals surface area contributed by atoms with Gasteiger partial charge >= 0.3 is 0 Å². The summed E-state index contributed by atoms with van der Waals surface area (Å²) in [5.74, 6) is 0.389. The van der Waals surface area contributed by atoms with Crippen LogP contribution in [0.3, 0.4) is 0 Å². The van der Waals surface area contributed by atoms with Gasteiger partial charge in [0.05, 0.1) is 6.61 Å². The van der Waals surface area contributed by atoms with Crippen molar-refractivity contribution in [2.24, 2.45) is 5.92 Å². The summed E-state index contributed by atoms with van der Waals surface area (Å²) in [5, 5.41) is 0.375. The summed E-state index contributed by atoms with van der Waals surface area (Å²) in [7, 11) is 1.64. The number of amides is 1. The van der Waals surface area contributed by atoms with E-state index in [9.17, 15) is 4.79 Å². The molecule has 1 aromatic heterocycles. The Bertz CT molecular complexity index is 464. The van der Waals surface area contributed by atoms with Crippen LogP contribution in [0, 0.1) is 5.92 Å². The van der Waals surface area contributed by atoms with Crippen molar-refractivity contribution in [2.75, 3.05) is 26.8 Å². The van der Waals surface area contributed by atoms with E-state index in [0.717, 1.165) is 18.5 Å². The number of carbonyl (C=O) groups excluding carboxylic acids is 1. The molecule has 1 amide bonds. The number of aromatic nitrogens is 1. The monoisotopic (exact) mass is 312 g/mol. The molecule has 0 unspecified atom stereocenters. The number of aryl methyl sites for hydroxylation is 1. The van der Waals surface area contributed by atoms with Crippen molar-refractivity contribution in [3.05, 3.63) is 28.5 Å². The van der Waals surface area contributed by atoms with E-state index >= 15 is 0 Å². The summed E-state index contributed by atoms with van der Waals surface area (Å²) < 4.78 is 5.09. The molecular weight excluding hydrogens is 288 g/mol. The standard InChI is InChI=1S/C16H25ClN2O2/c1-5-6-14-9-13(10-15(17)18-14)16(20)19(7-8-21-4)11-12(2)3/h9-10,12H,5-8,11H2,1-4H3. The van der Waals surface area contributed by atoms with E-state index < -0.39 is 0 Å². The van der Waals surface area contributed by atoms with E-state index in [-0.39, 0.29) is 5.91 Å². The fourth-order valence-corrected chi connectivity index (χ4v) is 2.39. The summed E-state index contributed by atoms with van der Waals surface area (Å²) in [6.45, 7) is 8.07. The van der Waals surface area contributed by atoms with Gasteiger partial charge in [0, 0.05) is 31.5 Å². The second kappa shape index (κ2) is 9.00. The summed E-state index contributed by atoms with van der Waals surface area (Å²) in [6.07, 6.45) is 1.80. The first-order chi connectivity index (χ1) is 9.97. The van der Waals surface area contributed by atoms with Crippen molar-refractivity contribution in [3.63, 3.8) is 0 Å². The molecule has 0 aliphatic rings. The first kappa shape index (κ1) is 17.9. The Balaban J connectivity index is 2.95. The highest BCUT2D eigenvalue weighted by molar-refractivity contribution is 6.29. The topological polar surface area (TPSA) is 42.4 Å². The number of carbonyl (C=O) groups is 1. The lowest BCUT2D eigenvalue weighted by Gasteiger charge is -2.24. The lowest BCUT2D eigenvalue weighted by atomic mass is 10.1. The summed E-state index contributed by atoms with van der Waals surface area (Å²) in [5.41, 5.74) is 1.47. The van der Waals surface area contributed by atoms with Gasteiger partial charge < -0.3 is 9.64 Å². The van der Waals surface area contributed by atoms with Crippen LogP contribution in [-0.4, -0.2) is 42.6 Å². The van der Waals surface area contributed by atoms with E-state index in [0.29, 0.717) is 36.3 Å². The third-order valence-corrected chi connectivity index (χ3v) is 3.23. The zero-order chi connectivity index (χ0) is 15.8. The Morgan fingerprint density at radius 3 is 2.71 bits per heavy atom. The minimum absolute atomic E-state index is 0.0117. The van der Waals surface area contributed by atoms with Crippen LogP contribution in [0.1, 0.15) is 43.2 Å². The second-order valence-corrected chi connectivity index (χ2v) is 5.94. The van der Waals surface area contributed by atoms with E-state index in [4.69, 9.17) is 16.3 Å². The number of halogens is 1. The molecule has 0 atom stereocenters. The van der Waals surface area contributed by atoms with E-state index in [2.05, 4.69) is 25.8 Å². The molecule has 0 N–H and O–H groups in total. The van der Waals surface area contributed by atoms with Crippen molar-refractivity contribution >= 4 is 17.5 Å². The molecule has 0 saturated heterocycles. The largest absolute Gasteiger partial charge is 0.383 e. The molecule has 0 spiro atoms. The number of hydrogen-bond acceptors (Lipinski definition) is 3. The van der Waals surface area contributed by atoms with Crippen molar-refractivity contribution in [1.82, 2.24) is 9.88 Å². The van der Waals surface area contributed by atoms with Crippen LogP contribution in [0.2, 0.25) is 5.15 Å². The maximum Gasteiger partial charge on any atom is 0.254 e. The smallest absolute Gasteiger partial charge is 0.254 e. The Kier molecular flexibility index (Phi) is 7.68. The SMILES string of the molecule is CCCc1cc(C(=O)N(CCOC)CC(C)C)cc(Cl)n1. The zero-order valence-electron chi connectivity index (χ0n) is 13.4. The summed E-state index contributed by atoms with van der Waals surface area (Å²) in [6, 6.07) is 3.49. The number of rotatable bonds is 8. The Labute approximate surface area is 132 Å². The molecule has 0 radical (unpaired) electrons. The summed E-state index contributed by atoms with van der Waals surface area (Å²) in [4.78, 5) is 18.8. The van der Waals surface area contributed by atoms with Gasteiger partial charge in [0.25, 0.3) is 5.91 Å². The Morgan fingerprint density at radius 1 is 1.43 bits per heavy atom. The molecule has 118 valence electrons. The zero-order valence-corrected chi connectivity index (χ0v) is 14.1. The molecule has 1 aromatic rings. The molecule has 0 fully saturated rings. The molecule has 0 aliphatic heterocycles. The molecule has 0 aromatic carbocycles. The molecule has 21 heavy (non-hydrogen) atoms. The number of methoxy groups -OCH3 is 1. The number of ether oxygens (including phenoxy) is 1. The van der Waals surface area contributed by atoms with Gasteiger partial charge in [-0.2, -0.15) is 0 Å². The van der Waals surface area contributed by atoms with Crippen molar-refractivity contribution < 1.29 is 9.53 Å². The Morgan fingerprint density at radius 2 is 2.14 bits per heavy atom. The second-order valence-electron chi connectivity index (χ2n) is 5.56. The van der Waals surface area contributed by atoms with Gasteiger partial charge in [-0.1, -0.05) is 38.8 Å². The van der Waals surface area contributed by atoms with Gasteiger partial charge in [-0.3, -0.25) is 4.79 Å². The molecule has 0 saturated carbocycles. The Hall–Kier alpha value is -1.13. The summed E-state index contributed by atoms with van der Waals surface area (Å²) >= 11 is 6.04. The predicted octanol–water partition coefficient (Wildman–Crippen LogP) is 3.43. The lowest BCUT2D eigenvalue weighted by molar-refractivity contribution is 0.0672. The predicted molar refractivity (Wildman–Crippen MR) is 85.9 cm³/mol. The van der Waals surface area contributed by atoms with Gasteiger partial charge in [0.2, 0.25) is 0 Å². The highest BCUT2D eigenvalue weighted by Gasteiger charge is 2.18. The van der Waals surface area contributed by atoms with Gasteiger partial charge in [-0.05, 0) is 24.5 Å². The number of nitrogens with zero attached hydrogens (tertiary/aromatic N) is 2. The number of pyridine rings is 1. The quantitative estimate of drug-likeness (QED) is 0.691. The fraction of sp³-hybridized carbons (Fsp3) is 0.625. The molecule has 4 nitrogen and oxygen atoms in total. The van der Waals surface area contributed by atoms with E-state index in [1.165, 1.54) is 0 Å². The highest BCUT2D eigenvalue weighted by atomic mass is 35.5. The van der Waals surface area contributed by atoms with Crippen LogP contribution >= 0.6 is 11.6 Å². The van der Waals surface area contributed by atoms with E-state index in [1.807, 2.05) is 11.0 Å². The van der Waals surface area contributed by atoms with E-state index in [1.54, 1.807) is 13.2 Å². The van der Waals surface area contributed by atoms with Crippen molar-refractivity contribution in [2.45, 2.75) is 33.6 Å². The van der Waals surface area contributed by atoms with Crippen LogP contribution in [0.15, 0.2) is 12.1 Å². The normalized spacial score (nSPS) is 11.0. The maximum atomic E-state index is 12.7. The van der Waals surface area contributed by atoms with Crippen molar-refractivity contribution in [1.29, 1.82) is 0 Å². The van der Waals surface area contributed by atoms with Gasteiger partial charge in [0.1, 0.15) is 5.15 Å². The third-order valence-electron chi connectivity index (χ3n) is 3.04. The molecular formula is C16H25ClN2O2. The fourth-order valence-electron chi connectivity index (χ4n) is 2.16. The highest BCUT2D eigenvalue weighted by Crippen LogP contribution is 2.15. The van der Waals surface area contributed by atoms with Crippen LogP contribution in [0.5, 0.6) is 0 Å². The average Bonchev–Trinajstić information content (AvgIpc) is 2.42. The van der Waals surface area contributed by atoms with Crippen LogP contribution in [-0.2, 0) is 11.2 Å². The van der Waals surface area contributed by atoms with Crippen molar-refractivity contribution in [3.8, 4) is 0 Å². The molecule has 0 aliphatic carbocycles. The van der Waals surface area contributed by atoms with Crippen LogP contribution < -0.4 is 0 Å². The van der Waals surface area contributed by atoms with Crippen LogP contribution in [0.4, 0.5) is 0 Å². The first-order valence-corrected chi connectivity index (χ1v) is 7.80. The average molecular weight is 313 g/mol.